The number of aliphatic hydroxyl groups excluding tert-OH is 1. The first-order chi connectivity index (χ1) is 14.4. The fraction of sp³-hybridized carbons (Fsp3) is 0.316. The van der Waals surface area contributed by atoms with Crippen molar-refractivity contribution in [1.29, 1.82) is 0 Å². The molecule has 1 aromatic carbocycles. The van der Waals surface area contributed by atoms with E-state index in [9.17, 15) is 23.1 Å². The average molecular weight is 437 g/mol. The molecule has 3 aromatic rings. The number of carbonyl (C=O) groups is 1. The fourth-order valence-corrected chi connectivity index (χ4v) is 4.16. The zero-order chi connectivity index (χ0) is 21.3. The number of amides is 1. The van der Waals surface area contributed by atoms with E-state index < -0.39 is 31.3 Å². The summed E-state index contributed by atoms with van der Waals surface area (Å²) in [6.07, 6.45) is 2.27. The highest BCUT2D eigenvalue weighted by Crippen LogP contribution is 2.29. The molecule has 158 valence electrons. The minimum absolute atomic E-state index is 0.163. The molecule has 7 nitrogen and oxygen atoms in total. The molecule has 0 bridgehead atoms. The van der Waals surface area contributed by atoms with Crippen molar-refractivity contribution in [2.75, 3.05) is 6.61 Å². The molecule has 30 heavy (non-hydrogen) atoms. The Morgan fingerprint density at radius 3 is 2.73 bits per heavy atom. The Morgan fingerprint density at radius 1 is 1.23 bits per heavy atom. The molecule has 1 aliphatic rings. The molecule has 1 amide bonds. The number of nitrogens with zero attached hydrogens (tertiary/aromatic N) is 5. The van der Waals surface area contributed by atoms with Crippen molar-refractivity contribution in [3.63, 3.8) is 0 Å². The average Bonchev–Trinajstić information content (AvgIpc) is 3.38. The Kier molecular flexibility index (Phi) is 5.82. The Labute approximate surface area is 174 Å². The van der Waals surface area contributed by atoms with Crippen molar-refractivity contribution in [1.82, 2.24) is 23.9 Å². The van der Waals surface area contributed by atoms with Gasteiger partial charge in [-0.15, -0.1) is 0 Å². The first kappa shape index (κ1) is 20.5. The molecular formula is C19H18F3N5O2S. The van der Waals surface area contributed by atoms with E-state index in [-0.39, 0.29) is 18.0 Å². The molecule has 4 rings (SSSR count). The summed E-state index contributed by atoms with van der Waals surface area (Å²) >= 11 is 1.22. The van der Waals surface area contributed by atoms with E-state index in [0.29, 0.717) is 17.1 Å². The van der Waals surface area contributed by atoms with E-state index in [4.69, 9.17) is 0 Å². The monoisotopic (exact) mass is 437 g/mol. The Balaban J connectivity index is 1.42. The number of fused-ring (bicyclic) bond motifs is 1. The lowest BCUT2D eigenvalue weighted by atomic mass is 9.98. The number of hydrogen-bond acceptors (Lipinski definition) is 5. The van der Waals surface area contributed by atoms with Gasteiger partial charge in [0.15, 0.2) is 0 Å². The molecule has 0 fully saturated rings. The Bertz CT molecular complexity index is 1030. The fourth-order valence-electron chi connectivity index (χ4n) is 3.36. The van der Waals surface area contributed by atoms with E-state index in [1.54, 1.807) is 16.4 Å². The second-order valence-electron chi connectivity index (χ2n) is 6.83. The number of aromatic nitrogens is 4. The standard InChI is InChI=1S/C19H18F3N5O2S/c20-16-4-2-1-3-14(16)15(11-28)19(29)25-6-12-7-27(24-17(12)9-25)30-13-5-23-26(8-13)10-18(21)22/h1-5,7-8,15,18,28H,6,9-11H2. The quantitative estimate of drug-likeness (QED) is 0.615. The number of benzene rings is 1. The van der Waals surface area contributed by atoms with Crippen molar-refractivity contribution in [2.24, 2.45) is 0 Å². The number of aliphatic hydroxyl groups is 1. The van der Waals surface area contributed by atoms with Gasteiger partial charge in [0.25, 0.3) is 6.43 Å². The first-order valence-corrected chi connectivity index (χ1v) is 9.92. The molecule has 1 N–H and O–H groups in total. The molecular weight excluding hydrogens is 419 g/mol. The summed E-state index contributed by atoms with van der Waals surface area (Å²) in [6, 6.07) is 5.91. The van der Waals surface area contributed by atoms with E-state index >= 15 is 0 Å². The van der Waals surface area contributed by atoms with Crippen molar-refractivity contribution in [2.45, 2.75) is 36.9 Å². The van der Waals surface area contributed by atoms with Crippen LogP contribution in [-0.2, 0) is 24.4 Å². The molecule has 1 unspecified atom stereocenters. The predicted octanol–water partition coefficient (Wildman–Crippen LogP) is 2.66. The van der Waals surface area contributed by atoms with Gasteiger partial charge >= 0.3 is 0 Å². The van der Waals surface area contributed by atoms with Gasteiger partial charge in [-0.05, 0) is 6.07 Å². The highest BCUT2D eigenvalue weighted by Gasteiger charge is 2.32. The van der Waals surface area contributed by atoms with Crippen LogP contribution in [0.25, 0.3) is 0 Å². The highest BCUT2D eigenvalue weighted by atomic mass is 32.2. The lowest BCUT2D eigenvalue weighted by molar-refractivity contribution is -0.134. The van der Waals surface area contributed by atoms with Crippen LogP contribution in [0.1, 0.15) is 22.7 Å². The lowest BCUT2D eigenvalue weighted by Gasteiger charge is -2.22. The van der Waals surface area contributed by atoms with Crippen LogP contribution in [0, 0.1) is 5.82 Å². The zero-order valence-electron chi connectivity index (χ0n) is 15.7. The summed E-state index contributed by atoms with van der Waals surface area (Å²) in [6.45, 7) is -0.421. The van der Waals surface area contributed by atoms with E-state index in [1.165, 1.54) is 52.1 Å². The molecule has 0 spiro atoms. The Morgan fingerprint density at radius 2 is 2.03 bits per heavy atom. The number of carbonyl (C=O) groups excluding carboxylic acids is 1. The first-order valence-electron chi connectivity index (χ1n) is 9.15. The summed E-state index contributed by atoms with van der Waals surface area (Å²) in [7, 11) is 0. The van der Waals surface area contributed by atoms with Gasteiger partial charge in [-0.1, -0.05) is 18.2 Å². The third-order valence-electron chi connectivity index (χ3n) is 4.76. The molecule has 1 aliphatic heterocycles. The summed E-state index contributed by atoms with van der Waals surface area (Å²) in [5, 5.41) is 18.0. The smallest absolute Gasteiger partial charge is 0.257 e. The van der Waals surface area contributed by atoms with Crippen molar-refractivity contribution in [3.05, 3.63) is 65.5 Å². The van der Waals surface area contributed by atoms with Crippen molar-refractivity contribution in [3.8, 4) is 0 Å². The van der Waals surface area contributed by atoms with Crippen LogP contribution in [-0.4, -0.2) is 47.9 Å². The van der Waals surface area contributed by atoms with Crippen LogP contribution >= 0.6 is 11.9 Å². The number of hydrogen-bond donors (Lipinski definition) is 1. The maximum atomic E-state index is 14.1. The molecule has 1 atom stereocenters. The van der Waals surface area contributed by atoms with Gasteiger partial charge in [0.1, 0.15) is 12.4 Å². The van der Waals surface area contributed by atoms with E-state index in [2.05, 4.69) is 10.2 Å². The van der Waals surface area contributed by atoms with Crippen LogP contribution in [0.2, 0.25) is 0 Å². The maximum Gasteiger partial charge on any atom is 0.257 e. The van der Waals surface area contributed by atoms with Gasteiger partial charge < -0.3 is 10.0 Å². The van der Waals surface area contributed by atoms with Crippen molar-refractivity contribution >= 4 is 17.9 Å². The van der Waals surface area contributed by atoms with Gasteiger partial charge in [0, 0.05) is 42.0 Å². The zero-order valence-corrected chi connectivity index (χ0v) is 16.5. The largest absolute Gasteiger partial charge is 0.395 e. The van der Waals surface area contributed by atoms with Crippen LogP contribution in [0.5, 0.6) is 0 Å². The molecule has 2 aromatic heterocycles. The Hall–Kier alpha value is -2.79. The molecule has 3 heterocycles. The molecule has 0 radical (unpaired) electrons. The molecule has 0 saturated carbocycles. The van der Waals surface area contributed by atoms with Crippen LogP contribution in [0.15, 0.2) is 47.8 Å². The summed E-state index contributed by atoms with van der Waals surface area (Å²) < 4.78 is 41.7. The molecule has 0 aliphatic carbocycles. The number of halogens is 3. The minimum Gasteiger partial charge on any atom is -0.395 e. The SMILES string of the molecule is O=C(C(CO)c1ccccc1F)N1Cc2cn(Sc3cnn(CC(F)F)c3)nc2C1. The maximum absolute atomic E-state index is 14.1. The third-order valence-corrected chi connectivity index (χ3v) is 5.56. The van der Waals surface area contributed by atoms with Crippen molar-refractivity contribution < 1.29 is 23.1 Å². The van der Waals surface area contributed by atoms with Gasteiger partial charge in [0.2, 0.25) is 5.91 Å². The van der Waals surface area contributed by atoms with Gasteiger partial charge in [-0.25, -0.2) is 17.3 Å². The van der Waals surface area contributed by atoms with E-state index in [1.807, 2.05) is 0 Å². The highest BCUT2D eigenvalue weighted by molar-refractivity contribution is 7.97. The topological polar surface area (TPSA) is 76.2 Å². The number of alkyl halides is 2. The summed E-state index contributed by atoms with van der Waals surface area (Å²) in [4.78, 5) is 15.0. The molecule has 11 heteroatoms. The van der Waals surface area contributed by atoms with Gasteiger partial charge in [0.05, 0.1) is 35.9 Å². The van der Waals surface area contributed by atoms with Gasteiger partial charge in [-0.3, -0.25) is 9.48 Å². The normalized spacial score (nSPS) is 14.4. The summed E-state index contributed by atoms with van der Waals surface area (Å²) in [5.41, 5.74) is 1.69. The van der Waals surface area contributed by atoms with Gasteiger partial charge in [-0.2, -0.15) is 10.2 Å². The molecule has 0 saturated heterocycles. The van der Waals surface area contributed by atoms with E-state index in [0.717, 1.165) is 5.56 Å². The van der Waals surface area contributed by atoms with Crippen LogP contribution in [0.4, 0.5) is 13.2 Å². The lowest BCUT2D eigenvalue weighted by Crippen LogP contribution is -2.33. The second kappa shape index (κ2) is 8.52. The van der Waals surface area contributed by atoms with Crippen LogP contribution < -0.4 is 0 Å². The predicted molar refractivity (Wildman–Crippen MR) is 102 cm³/mol. The minimum atomic E-state index is -2.48. The van der Waals surface area contributed by atoms with Crippen LogP contribution in [0.3, 0.4) is 0 Å². The third kappa shape index (κ3) is 4.21. The summed E-state index contributed by atoms with van der Waals surface area (Å²) in [5.74, 6) is -1.87. The number of rotatable bonds is 7. The second-order valence-corrected chi connectivity index (χ2v) is 7.86.